The molecule has 2 fully saturated rings. The van der Waals surface area contributed by atoms with E-state index in [1.807, 2.05) is 0 Å². The minimum atomic E-state index is -1.19. The van der Waals surface area contributed by atoms with Crippen molar-refractivity contribution >= 4 is 47.0 Å². The second-order valence-electron chi connectivity index (χ2n) is 7.99. The van der Waals surface area contributed by atoms with E-state index >= 15 is 0 Å². The van der Waals surface area contributed by atoms with Crippen LogP contribution in [-0.4, -0.2) is 94.9 Å². The normalized spacial score (nSPS) is 23.9. The molecule has 15 heteroatoms. The number of phenols is 1. The van der Waals surface area contributed by atoms with Crippen LogP contribution in [0.4, 0.5) is 0 Å². The number of phenolic OH excluding ortho intramolecular Hbond substituents is 1. The number of aliphatic carboxylic acids is 1. The van der Waals surface area contributed by atoms with Crippen LogP contribution in [0, 0.1) is 5.41 Å². The lowest BCUT2D eigenvalue weighted by Gasteiger charge is -2.53. The largest absolute Gasteiger partial charge is 0.508 e. The molecule has 0 spiro atoms. The van der Waals surface area contributed by atoms with Gasteiger partial charge in [-0.25, -0.2) is 4.68 Å². The minimum Gasteiger partial charge on any atom is -0.508 e. The monoisotopic (exact) mass is 521 g/mol. The summed E-state index contributed by atoms with van der Waals surface area (Å²) in [6.07, 6.45) is 0. The number of β-lactam (4-membered cyclic amide) rings is 1. The molecule has 1 aromatic heterocycles. The topological polar surface area (TPSA) is 172 Å². The highest BCUT2D eigenvalue weighted by Gasteiger charge is 2.57. The molecule has 0 saturated carbocycles. The average molecular weight is 522 g/mol. The summed E-state index contributed by atoms with van der Waals surface area (Å²) in [5, 5.41) is 37.5. The summed E-state index contributed by atoms with van der Waals surface area (Å²) in [6.45, 7) is 1.95. The first-order valence-electron chi connectivity index (χ1n) is 10.6. The van der Waals surface area contributed by atoms with Gasteiger partial charge in [0.25, 0.3) is 5.91 Å². The fraction of sp³-hybridized carbons (Fsp3) is 0.450. The number of nitrogens with one attached hydrogen (secondary N) is 1. The Kier molecular flexibility index (Phi) is 7.16. The van der Waals surface area contributed by atoms with E-state index in [0.717, 1.165) is 0 Å². The molecule has 2 amide bonds. The number of rotatable bonds is 9. The van der Waals surface area contributed by atoms with E-state index in [1.54, 1.807) is 26.1 Å². The van der Waals surface area contributed by atoms with Gasteiger partial charge in [-0.05, 0) is 29.5 Å². The van der Waals surface area contributed by atoms with Crippen molar-refractivity contribution in [2.75, 3.05) is 24.7 Å². The maximum Gasteiger partial charge on any atom is 0.313 e. The molecular formula is C20H23N7O6S2. The van der Waals surface area contributed by atoms with Crippen LogP contribution in [0.3, 0.4) is 0 Å². The van der Waals surface area contributed by atoms with Crippen LogP contribution in [-0.2, 0) is 26.3 Å². The zero-order valence-corrected chi connectivity index (χ0v) is 20.5. The number of carbonyl (C=O) groups is 3. The van der Waals surface area contributed by atoms with E-state index in [-0.39, 0.29) is 42.0 Å². The molecule has 0 bridgehead atoms. The van der Waals surface area contributed by atoms with Crippen molar-refractivity contribution in [2.45, 2.75) is 23.5 Å². The van der Waals surface area contributed by atoms with E-state index in [0.29, 0.717) is 10.7 Å². The van der Waals surface area contributed by atoms with Crippen LogP contribution < -0.4 is 5.32 Å². The van der Waals surface area contributed by atoms with Gasteiger partial charge in [0.2, 0.25) is 11.1 Å². The zero-order valence-electron chi connectivity index (χ0n) is 18.8. The Morgan fingerprint density at radius 1 is 1.43 bits per heavy atom. The summed E-state index contributed by atoms with van der Waals surface area (Å²) in [7, 11) is 1.66. The summed E-state index contributed by atoms with van der Waals surface area (Å²) < 4.78 is 1.45. The van der Waals surface area contributed by atoms with Crippen molar-refractivity contribution in [3.8, 4) is 5.75 Å². The standard InChI is InChI=1S/C20H23N7O6S2/c1-3-33-23-13(11-5-4-6-12(28)7-11)15(29)21-14-16(30)27-8-20(18(31)32,9-34-17(14)27)10-35-19-22-24-25-26(19)2/h4-7,14,17,28H,3,8-10H2,1-2H3,(H,21,29)(H,31,32)/t14?,17-,20?/m1/s1. The van der Waals surface area contributed by atoms with Crippen molar-refractivity contribution < 1.29 is 29.4 Å². The quantitative estimate of drug-likeness (QED) is 0.174. The Morgan fingerprint density at radius 2 is 2.23 bits per heavy atom. The number of hydrogen-bond donors (Lipinski definition) is 3. The third-order valence-corrected chi connectivity index (χ3v) is 8.45. The molecule has 4 rings (SSSR count). The lowest BCUT2D eigenvalue weighted by Crippen LogP contribution is -2.74. The summed E-state index contributed by atoms with van der Waals surface area (Å²) in [5.74, 6) is -1.65. The summed E-state index contributed by atoms with van der Waals surface area (Å²) in [4.78, 5) is 44.6. The highest BCUT2D eigenvalue weighted by Crippen LogP contribution is 2.44. The molecule has 2 unspecified atom stereocenters. The molecule has 3 atom stereocenters. The molecule has 3 N–H and O–H groups in total. The number of tetrazole rings is 1. The van der Waals surface area contributed by atoms with Gasteiger partial charge in [-0.15, -0.1) is 16.9 Å². The lowest BCUT2D eigenvalue weighted by molar-refractivity contribution is -0.157. The summed E-state index contributed by atoms with van der Waals surface area (Å²) >= 11 is 2.51. The maximum absolute atomic E-state index is 13.0. The number of benzene rings is 1. The van der Waals surface area contributed by atoms with Crippen molar-refractivity contribution in [2.24, 2.45) is 17.6 Å². The first kappa shape index (κ1) is 24.8. The number of aromatic hydroxyl groups is 1. The van der Waals surface area contributed by atoms with Gasteiger partial charge in [0.05, 0.1) is 0 Å². The van der Waals surface area contributed by atoms with Gasteiger partial charge in [0, 0.05) is 30.7 Å². The fourth-order valence-corrected chi connectivity index (χ4v) is 6.38. The van der Waals surface area contributed by atoms with Crippen molar-refractivity contribution in [3.63, 3.8) is 0 Å². The highest BCUT2D eigenvalue weighted by molar-refractivity contribution is 8.00. The Hall–Kier alpha value is -3.33. The van der Waals surface area contributed by atoms with Gasteiger partial charge in [-0.1, -0.05) is 29.1 Å². The number of aromatic nitrogens is 4. The van der Waals surface area contributed by atoms with Crippen LogP contribution in [0.1, 0.15) is 12.5 Å². The number of fused-ring (bicyclic) bond motifs is 1. The second-order valence-corrected chi connectivity index (χ2v) is 10.0. The third kappa shape index (κ3) is 4.91. The van der Waals surface area contributed by atoms with Gasteiger partial charge in [0.1, 0.15) is 29.2 Å². The first-order valence-corrected chi connectivity index (χ1v) is 12.6. The maximum atomic E-state index is 13.0. The lowest BCUT2D eigenvalue weighted by atomic mass is 9.89. The molecule has 3 heterocycles. The fourth-order valence-electron chi connectivity index (χ4n) is 3.67. The third-order valence-electron chi connectivity index (χ3n) is 5.56. The molecule has 0 radical (unpaired) electrons. The highest BCUT2D eigenvalue weighted by atomic mass is 32.2. The number of nitrogens with zero attached hydrogens (tertiary/aromatic N) is 6. The number of oxime groups is 1. The van der Waals surface area contributed by atoms with Gasteiger partial charge < -0.3 is 25.3 Å². The summed E-state index contributed by atoms with van der Waals surface area (Å²) in [5.41, 5.74) is -0.939. The van der Waals surface area contributed by atoms with Crippen molar-refractivity contribution in [1.29, 1.82) is 0 Å². The predicted octanol–water partition coefficient (Wildman–Crippen LogP) is -0.0805. The van der Waals surface area contributed by atoms with Crippen LogP contribution in [0.5, 0.6) is 5.75 Å². The van der Waals surface area contributed by atoms with E-state index in [2.05, 4.69) is 26.0 Å². The Morgan fingerprint density at radius 3 is 2.89 bits per heavy atom. The smallest absolute Gasteiger partial charge is 0.313 e. The van der Waals surface area contributed by atoms with Crippen molar-refractivity contribution in [1.82, 2.24) is 30.4 Å². The molecule has 2 aliphatic rings. The predicted molar refractivity (Wildman–Crippen MR) is 126 cm³/mol. The van der Waals surface area contributed by atoms with Crippen LogP contribution >= 0.6 is 23.5 Å². The number of aryl methyl sites for hydroxylation is 1. The Balaban J connectivity index is 1.44. The Labute approximate surface area is 208 Å². The minimum absolute atomic E-state index is 0.00985. The van der Waals surface area contributed by atoms with Gasteiger partial charge in [-0.2, -0.15) is 0 Å². The van der Waals surface area contributed by atoms with E-state index in [1.165, 1.54) is 45.2 Å². The molecule has 2 saturated heterocycles. The summed E-state index contributed by atoms with van der Waals surface area (Å²) in [6, 6.07) is 5.14. The van der Waals surface area contributed by atoms with E-state index in [9.17, 15) is 24.6 Å². The molecule has 2 aliphatic heterocycles. The SMILES string of the molecule is CCON=C(C(=O)NC1C(=O)N2CC(CSc3nnnn3C)(C(=O)O)CS[C@H]12)c1cccc(O)c1. The van der Waals surface area contributed by atoms with Gasteiger partial charge >= 0.3 is 5.97 Å². The van der Waals surface area contributed by atoms with Crippen LogP contribution in [0.25, 0.3) is 0 Å². The molecule has 0 aliphatic carbocycles. The molecular weight excluding hydrogens is 498 g/mol. The molecule has 186 valence electrons. The molecule has 2 aromatic rings. The zero-order chi connectivity index (χ0) is 25.2. The molecule has 1 aromatic carbocycles. The number of carboxylic acids is 1. The number of hydrogen-bond acceptors (Lipinski definition) is 11. The Bertz CT molecular complexity index is 1170. The molecule has 13 nitrogen and oxygen atoms in total. The second kappa shape index (κ2) is 10.1. The average Bonchev–Trinajstić information content (AvgIpc) is 3.25. The number of amides is 2. The number of thioether (sulfide) groups is 2. The van der Waals surface area contributed by atoms with Crippen molar-refractivity contribution in [3.05, 3.63) is 29.8 Å². The van der Waals surface area contributed by atoms with E-state index < -0.39 is 28.7 Å². The number of carbonyl (C=O) groups excluding carboxylic acids is 2. The first-order chi connectivity index (χ1) is 16.8. The van der Waals surface area contributed by atoms with Gasteiger partial charge in [0.15, 0.2) is 5.71 Å². The molecule has 35 heavy (non-hydrogen) atoms. The number of carboxylic acid groups (broad SMARTS) is 1. The van der Waals surface area contributed by atoms with Gasteiger partial charge in [-0.3, -0.25) is 14.4 Å². The van der Waals surface area contributed by atoms with Crippen LogP contribution in [0.15, 0.2) is 34.6 Å². The van der Waals surface area contributed by atoms with E-state index in [4.69, 9.17) is 4.84 Å². The van der Waals surface area contributed by atoms with Crippen LogP contribution in [0.2, 0.25) is 0 Å².